The van der Waals surface area contributed by atoms with E-state index in [1.807, 2.05) is 6.92 Å². The van der Waals surface area contributed by atoms with Gasteiger partial charge in [0, 0.05) is 6.42 Å². The summed E-state index contributed by atoms with van der Waals surface area (Å²) in [6, 6.07) is 6.50. The quantitative estimate of drug-likeness (QED) is 0.140. The summed E-state index contributed by atoms with van der Waals surface area (Å²) in [6.07, 6.45) is -0.384. The van der Waals surface area contributed by atoms with Crippen LogP contribution >= 0.6 is 11.8 Å². The fourth-order valence-corrected chi connectivity index (χ4v) is 4.68. The van der Waals surface area contributed by atoms with Crippen LogP contribution in [-0.2, 0) is 14.3 Å². The summed E-state index contributed by atoms with van der Waals surface area (Å²) in [6.45, 7) is 2.03. The molecule has 0 saturated carbocycles. The van der Waals surface area contributed by atoms with Crippen molar-refractivity contribution in [3.05, 3.63) is 29.8 Å². The second-order valence-electron chi connectivity index (χ2n) is 7.48. The van der Waals surface area contributed by atoms with E-state index in [1.54, 1.807) is 12.1 Å². The molecule has 1 rings (SSSR count). The first-order chi connectivity index (χ1) is 14.5. The summed E-state index contributed by atoms with van der Waals surface area (Å²) >= 11 is 1.41. The van der Waals surface area contributed by atoms with E-state index in [9.17, 15) is 30.4 Å². The molecule has 0 atom stereocenters. The second kappa shape index (κ2) is 13.6. The number of hydrogen-bond acceptors (Lipinski definition) is 4. The van der Waals surface area contributed by atoms with Gasteiger partial charge in [-0.05, 0) is 49.8 Å². The van der Waals surface area contributed by atoms with Gasteiger partial charge < -0.3 is 0 Å². The number of alkyl halides is 5. The minimum Gasteiger partial charge on any atom is -0.266 e. The van der Waals surface area contributed by atoms with Gasteiger partial charge in [0.1, 0.15) is 0 Å². The lowest BCUT2D eigenvalue weighted by atomic mass is 10.1. The van der Waals surface area contributed by atoms with Gasteiger partial charge in [0.25, 0.3) is 10.1 Å². The van der Waals surface area contributed by atoms with Crippen LogP contribution in [0.25, 0.3) is 0 Å². The van der Waals surface area contributed by atoms with E-state index in [-0.39, 0.29) is 17.9 Å². The molecule has 1 aromatic carbocycles. The molecule has 0 N–H and O–H groups in total. The van der Waals surface area contributed by atoms with Crippen molar-refractivity contribution in [2.75, 3.05) is 18.1 Å². The average Bonchev–Trinajstić information content (AvgIpc) is 2.67. The third-order valence-corrected chi connectivity index (χ3v) is 7.16. The van der Waals surface area contributed by atoms with Gasteiger partial charge in [-0.2, -0.15) is 42.1 Å². The first-order valence-electron chi connectivity index (χ1n) is 10.4. The fourth-order valence-electron chi connectivity index (χ4n) is 2.77. The van der Waals surface area contributed by atoms with Gasteiger partial charge in [0.15, 0.2) is 0 Å². The summed E-state index contributed by atoms with van der Waals surface area (Å²) < 4.78 is 90.6. The Kier molecular flexibility index (Phi) is 12.4. The zero-order chi connectivity index (χ0) is 23.4. The number of unbranched alkanes of at least 4 members (excludes halogenated alkanes) is 6. The molecule has 0 fully saturated rings. The molecule has 0 aliphatic carbocycles. The lowest BCUT2D eigenvalue weighted by molar-refractivity contribution is -0.284. The van der Waals surface area contributed by atoms with Crippen LogP contribution in [0.2, 0.25) is 0 Å². The van der Waals surface area contributed by atoms with E-state index in [4.69, 9.17) is 4.18 Å². The highest BCUT2D eigenvalue weighted by Crippen LogP contribution is 2.39. The number of hydrogen-bond donors (Lipinski definition) is 0. The molecule has 1 aromatic rings. The molecular weight excluding hydrogens is 459 g/mol. The predicted octanol–water partition coefficient (Wildman–Crippen LogP) is 7.14. The van der Waals surface area contributed by atoms with E-state index < -0.39 is 28.6 Å². The van der Waals surface area contributed by atoms with E-state index in [0.29, 0.717) is 12.2 Å². The molecule has 0 heterocycles. The Bertz CT molecular complexity index is 720. The Morgan fingerprint density at radius 1 is 0.806 bits per heavy atom. The number of aryl methyl sites for hydroxylation is 1. The molecule has 0 spiro atoms. The molecule has 3 nitrogen and oxygen atoms in total. The van der Waals surface area contributed by atoms with Crippen molar-refractivity contribution >= 4 is 21.9 Å². The van der Waals surface area contributed by atoms with Crippen molar-refractivity contribution < 1.29 is 34.6 Å². The highest BCUT2D eigenvalue weighted by atomic mass is 32.2. The van der Waals surface area contributed by atoms with Crippen LogP contribution in [-0.4, -0.2) is 38.6 Å². The third kappa shape index (κ3) is 11.5. The van der Waals surface area contributed by atoms with Crippen LogP contribution in [0.5, 0.6) is 0 Å². The molecule has 31 heavy (non-hydrogen) atoms. The molecule has 0 saturated heterocycles. The highest BCUT2D eigenvalue weighted by Gasteiger charge is 2.56. The summed E-state index contributed by atoms with van der Waals surface area (Å²) in [5.41, 5.74) is 0.975. The van der Waals surface area contributed by atoms with Crippen molar-refractivity contribution in [3.63, 3.8) is 0 Å². The standard InChI is InChI=1S/C21H31F5O3S2/c1-18-10-12-19(13-11-18)31(27,28)29-15-7-5-3-2-4-6-8-16-30-17-9-14-20(22,23)21(24,25)26/h10-13H,2-9,14-17H2,1H3. The number of thioether (sulfide) groups is 1. The van der Waals surface area contributed by atoms with Crippen molar-refractivity contribution in [1.29, 1.82) is 0 Å². The molecule has 0 amide bonds. The molecule has 0 aliphatic rings. The van der Waals surface area contributed by atoms with Crippen molar-refractivity contribution in [3.8, 4) is 0 Å². The maximum absolute atomic E-state index is 12.7. The lowest BCUT2D eigenvalue weighted by Crippen LogP contribution is -2.36. The second-order valence-corrected chi connectivity index (χ2v) is 10.3. The zero-order valence-electron chi connectivity index (χ0n) is 17.7. The Labute approximate surface area is 186 Å². The van der Waals surface area contributed by atoms with E-state index >= 15 is 0 Å². The first kappa shape index (κ1) is 28.2. The fraction of sp³-hybridized carbons (Fsp3) is 0.714. The van der Waals surface area contributed by atoms with E-state index in [0.717, 1.165) is 49.8 Å². The van der Waals surface area contributed by atoms with Crippen LogP contribution in [0.15, 0.2) is 29.2 Å². The lowest BCUT2D eigenvalue weighted by Gasteiger charge is -2.19. The SMILES string of the molecule is Cc1ccc(S(=O)(=O)OCCCCCCCCCSCCCC(F)(F)C(F)(F)F)cc1. The number of halogens is 5. The normalized spacial score (nSPS) is 13.0. The van der Waals surface area contributed by atoms with Gasteiger partial charge in [-0.15, -0.1) is 0 Å². The minimum absolute atomic E-state index is 0.153. The van der Waals surface area contributed by atoms with Crippen molar-refractivity contribution in [2.24, 2.45) is 0 Å². The van der Waals surface area contributed by atoms with Gasteiger partial charge in [-0.3, -0.25) is 4.18 Å². The molecule has 180 valence electrons. The molecule has 10 heteroatoms. The summed E-state index contributed by atoms with van der Waals surface area (Å²) in [5.74, 6) is -3.54. The molecular formula is C21H31F5O3S2. The highest BCUT2D eigenvalue weighted by molar-refractivity contribution is 7.99. The first-order valence-corrected chi connectivity index (χ1v) is 13.0. The Hall–Kier alpha value is -0.870. The van der Waals surface area contributed by atoms with Crippen molar-refractivity contribution in [1.82, 2.24) is 0 Å². The van der Waals surface area contributed by atoms with Crippen LogP contribution in [0.4, 0.5) is 22.0 Å². The number of benzene rings is 1. The molecule has 0 radical (unpaired) electrons. The Balaban J connectivity index is 1.94. The maximum Gasteiger partial charge on any atom is 0.453 e. The van der Waals surface area contributed by atoms with Crippen LogP contribution in [0, 0.1) is 6.92 Å². The van der Waals surface area contributed by atoms with Crippen LogP contribution in [0.3, 0.4) is 0 Å². The van der Waals surface area contributed by atoms with Gasteiger partial charge >= 0.3 is 12.1 Å². The summed E-state index contributed by atoms with van der Waals surface area (Å²) in [7, 11) is -3.71. The minimum atomic E-state index is -5.46. The predicted molar refractivity (Wildman–Crippen MR) is 114 cm³/mol. The Morgan fingerprint density at radius 3 is 1.90 bits per heavy atom. The van der Waals surface area contributed by atoms with Gasteiger partial charge in [0.05, 0.1) is 11.5 Å². The van der Waals surface area contributed by atoms with Gasteiger partial charge in [-0.1, -0.05) is 49.8 Å². The van der Waals surface area contributed by atoms with Gasteiger partial charge in [-0.25, -0.2) is 0 Å². The maximum atomic E-state index is 12.7. The monoisotopic (exact) mass is 490 g/mol. The number of rotatable bonds is 16. The third-order valence-electron chi connectivity index (χ3n) is 4.68. The molecule has 0 bridgehead atoms. The zero-order valence-corrected chi connectivity index (χ0v) is 19.4. The topological polar surface area (TPSA) is 43.4 Å². The van der Waals surface area contributed by atoms with Crippen molar-refractivity contribution in [2.45, 2.75) is 81.7 Å². The largest absolute Gasteiger partial charge is 0.453 e. The Morgan fingerprint density at radius 2 is 1.32 bits per heavy atom. The van der Waals surface area contributed by atoms with E-state index in [1.165, 1.54) is 23.9 Å². The van der Waals surface area contributed by atoms with Crippen LogP contribution in [0.1, 0.15) is 63.4 Å². The van der Waals surface area contributed by atoms with E-state index in [2.05, 4.69) is 0 Å². The summed E-state index contributed by atoms with van der Waals surface area (Å²) in [5, 5.41) is 0. The molecule has 0 aliphatic heterocycles. The smallest absolute Gasteiger partial charge is 0.266 e. The van der Waals surface area contributed by atoms with Gasteiger partial charge in [0.2, 0.25) is 0 Å². The molecule has 0 aromatic heterocycles. The van der Waals surface area contributed by atoms with Crippen LogP contribution < -0.4 is 0 Å². The molecule has 0 unspecified atom stereocenters. The average molecular weight is 491 g/mol. The summed E-state index contributed by atoms with van der Waals surface area (Å²) in [4.78, 5) is 0.157.